The molecule has 2 heterocycles. The van der Waals surface area contributed by atoms with Crippen molar-refractivity contribution >= 4 is 11.4 Å². The van der Waals surface area contributed by atoms with Crippen LogP contribution in [-0.2, 0) is 6.18 Å². The van der Waals surface area contributed by atoms with Crippen LogP contribution in [0.4, 0.5) is 17.6 Å². The van der Waals surface area contributed by atoms with E-state index >= 15 is 0 Å². The molecule has 0 unspecified atom stereocenters. The molecule has 3 aromatic rings. The summed E-state index contributed by atoms with van der Waals surface area (Å²) in [6.45, 7) is 0. The number of hydrogen-bond donors (Lipinski definition) is 2. The number of imidazole rings is 1. The van der Waals surface area contributed by atoms with Gasteiger partial charge in [-0.3, -0.25) is 4.57 Å². The first-order valence-corrected chi connectivity index (χ1v) is 7.99. The summed E-state index contributed by atoms with van der Waals surface area (Å²) in [5.41, 5.74) is 6.86. The zero-order valence-electron chi connectivity index (χ0n) is 14.7. The third-order valence-electron chi connectivity index (χ3n) is 3.93. The number of nitrogens with zero attached hydrogens (tertiary/aromatic N) is 4. The van der Waals surface area contributed by atoms with E-state index < -0.39 is 17.6 Å². The lowest BCUT2D eigenvalue weighted by Gasteiger charge is -2.18. The van der Waals surface area contributed by atoms with Crippen molar-refractivity contribution < 1.29 is 17.6 Å². The number of rotatable bonds is 4. The Kier molecular flexibility index (Phi) is 5.06. The molecule has 0 aliphatic rings. The van der Waals surface area contributed by atoms with Crippen LogP contribution in [0.1, 0.15) is 16.8 Å². The van der Waals surface area contributed by atoms with Crippen LogP contribution in [0.3, 0.4) is 0 Å². The normalized spacial score (nSPS) is 12.6. The summed E-state index contributed by atoms with van der Waals surface area (Å²) >= 11 is 0. The summed E-state index contributed by atoms with van der Waals surface area (Å²) in [6, 6.07) is 7.70. The van der Waals surface area contributed by atoms with Crippen LogP contribution >= 0.6 is 0 Å². The quantitative estimate of drug-likeness (QED) is 0.405. The maximum atomic E-state index is 13.1. The van der Waals surface area contributed by atoms with Crippen molar-refractivity contribution in [3.05, 3.63) is 77.8 Å². The third-order valence-corrected chi connectivity index (χ3v) is 3.93. The lowest BCUT2D eigenvalue weighted by Crippen LogP contribution is -2.27. The molecule has 0 saturated heterocycles. The Balaban J connectivity index is 1.98. The van der Waals surface area contributed by atoms with Crippen molar-refractivity contribution in [1.29, 1.82) is 0 Å². The Morgan fingerprint density at radius 3 is 2.29 bits per heavy atom. The van der Waals surface area contributed by atoms with Crippen molar-refractivity contribution in [1.82, 2.24) is 19.5 Å². The fourth-order valence-electron chi connectivity index (χ4n) is 2.55. The Hall–Kier alpha value is -3.40. The van der Waals surface area contributed by atoms with E-state index in [9.17, 15) is 17.6 Å². The van der Waals surface area contributed by atoms with E-state index in [-0.39, 0.29) is 11.5 Å². The van der Waals surface area contributed by atoms with E-state index in [1.165, 1.54) is 52.4 Å². The maximum Gasteiger partial charge on any atom is 0.417 e. The lowest BCUT2D eigenvalue weighted by molar-refractivity contribution is -0.137. The summed E-state index contributed by atoms with van der Waals surface area (Å²) in [5.74, 6) is 5.72. The summed E-state index contributed by atoms with van der Waals surface area (Å²) in [5, 5.41) is 1.26. The molecule has 28 heavy (non-hydrogen) atoms. The van der Waals surface area contributed by atoms with Crippen LogP contribution in [-0.4, -0.2) is 26.6 Å². The largest absolute Gasteiger partial charge is 0.417 e. The molecule has 0 aliphatic carbocycles. The highest BCUT2D eigenvalue weighted by Crippen LogP contribution is 2.29. The first-order valence-electron chi connectivity index (χ1n) is 7.99. The second-order valence-electron chi connectivity index (χ2n) is 5.95. The molecule has 10 heteroatoms. The van der Waals surface area contributed by atoms with Gasteiger partial charge < -0.3 is 10.7 Å². The van der Waals surface area contributed by atoms with Gasteiger partial charge in [-0.15, -0.1) is 0 Å². The fourth-order valence-corrected chi connectivity index (χ4v) is 2.55. The number of alkyl halides is 3. The van der Waals surface area contributed by atoms with Gasteiger partial charge in [0.05, 0.1) is 11.3 Å². The molecule has 0 saturated carbocycles. The van der Waals surface area contributed by atoms with Crippen molar-refractivity contribution in [2.24, 2.45) is 11.6 Å². The third kappa shape index (κ3) is 3.96. The molecule has 0 radical (unpaired) electrons. The minimum Gasteiger partial charge on any atom is -0.396 e. The SMILES string of the molecule is CN(N)/C(=C(\N)c1ccc(F)cc1)c1cn(-c2ccc(C(F)(F)F)cn2)cn1. The number of benzene rings is 1. The number of hydrazine groups is 1. The van der Waals surface area contributed by atoms with Gasteiger partial charge >= 0.3 is 6.18 Å². The van der Waals surface area contributed by atoms with Crippen LogP contribution in [0.15, 0.2) is 55.1 Å². The number of hydrogen-bond acceptors (Lipinski definition) is 5. The zero-order chi connectivity index (χ0) is 20.5. The van der Waals surface area contributed by atoms with Gasteiger partial charge in [-0.25, -0.2) is 20.2 Å². The molecule has 4 N–H and O–H groups in total. The van der Waals surface area contributed by atoms with Crippen LogP contribution in [0.5, 0.6) is 0 Å². The maximum absolute atomic E-state index is 13.1. The summed E-state index contributed by atoms with van der Waals surface area (Å²) in [4.78, 5) is 8.03. The van der Waals surface area contributed by atoms with E-state index in [2.05, 4.69) is 9.97 Å². The predicted octanol–water partition coefficient (Wildman–Crippen LogP) is 3.02. The van der Waals surface area contributed by atoms with Gasteiger partial charge in [0.25, 0.3) is 0 Å². The first kappa shape index (κ1) is 19.4. The van der Waals surface area contributed by atoms with Crippen molar-refractivity contribution in [2.75, 3.05) is 7.05 Å². The average molecular weight is 392 g/mol. The van der Waals surface area contributed by atoms with Crippen LogP contribution in [0.2, 0.25) is 0 Å². The highest BCUT2D eigenvalue weighted by molar-refractivity contribution is 5.86. The molecule has 6 nitrogen and oxygen atoms in total. The smallest absolute Gasteiger partial charge is 0.396 e. The van der Waals surface area contributed by atoms with Gasteiger partial charge in [-0.1, -0.05) is 0 Å². The molecule has 146 valence electrons. The molecule has 0 fully saturated rings. The topological polar surface area (TPSA) is 86.0 Å². The molecule has 0 amide bonds. The van der Waals surface area contributed by atoms with Crippen molar-refractivity contribution in [2.45, 2.75) is 6.18 Å². The molecule has 0 spiro atoms. The number of aromatic nitrogens is 3. The van der Waals surface area contributed by atoms with Gasteiger partial charge in [0.2, 0.25) is 0 Å². The second kappa shape index (κ2) is 7.31. The monoisotopic (exact) mass is 392 g/mol. The van der Waals surface area contributed by atoms with Crippen LogP contribution in [0.25, 0.3) is 17.2 Å². The Labute approximate surface area is 157 Å². The van der Waals surface area contributed by atoms with Gasteiger partial charge in [0, 0.05) is 19.4 Å². The Morgan fingerprint density at radius 2 is 1.75 bits per heavy atom. The second-order valence-corrected chi connectivity index (χ2v) is 5.95. The summed E-state index contributed by atoms with van der Waals surface area (Å²) < 4.78 is 52.6. The Bertz CT molecular complexity index is 988. The molecule has 0 atom stereocenters. The lowest BCUT2D eigenvalue weighted by atomic mass is 10.1. The molecule has 0 bridgehead atoms. The number of halogens is 4. The molecule has 1 aromatic carbocycles. The minimum atomic E-state index is -4.46. The van der Waals surface area contributed by atoms with Gasteiger partial charge in [0.15, 0.2) is 0 Å². The van der Waals surface area contributed by atoms with E-state index in [0.29, 0.717) is 17.0 Å². The van der Waals surface area contributed by atoms with E-state index in [0.717, 1.165) is 12.3 Å². The van der Waals surface area contributed by atoms with Crippen LogP contribution < -0.4 is 11.6 Å². The minimum absolute atomic E-state index is 0.242. The Morgan fingerprint density at radius 1 is 1.07 bits per heavy atom. The number of nitrogens with two attached hydrogens (primary N) is 2. The van der Waals surface area contributed by atoms with E-state index in [1.807, 2.05) is 0 Å². The van der Waals surface area contributed by atoms with E-state index in [1.54, 1.807) is 7.05 Å². The van der Waals surface area contributed by atoms with Gasteiger partial charge in [-0.2, -0.15) is 13.2 Å². The molecule has 0 aliphatic heterocycles. The predicted molar refractivity (Wildman–Crippen MR) is 95.7 cm³/mol. The van der Waals surface area contributed by atoms with Crippen molar-refractivity contribution in [3.63, 3.8) is 0 Å². The van der Waals surface area contributed by atoms with Gasteiger partial charge in [-0.05, 0) is 42.0 Å². The van der Waals surface area contributed by atoms with Gasteiger partial charge in [0.1, 0.15) is 29.4 Å². The number of pyridine rings is 1. The fraction of sp³-hybridized carbons (Fsp3) is 0.111. The molecule has 3 rings (SSSR count). The summed E-state index contributed by atoms with van der Waals surface area (Å²) in [7, 11) is 1.56. The molecular weight excluding hydrogens is 376 g/mol. The summed E-state index contributed by atoms with van der Waals surface area (Å²) in [6.07, 6.45) is -0.807. The molecular formula is C18H16F4N6. The van der Waals surface area contributed by atoms with E-state index in [4.69, 9.17) is 11.6 Å². The standard InChI is InChI=1S/C18H16F4N6/c1-27(24)17(16(23)11-2-5-13(19)6-3-11)14-9-28(10-26-14)15-7-4-12(8-25-15)18(20,21)22/h2-10H,23-24H2,1H3/b17-16-. The molecule has 2 aromatic heterocycles. The first-order chi connectivity index (χ1) is 13.2. The van der Waals surface area contributed by atoms with Crippen molar-refractivity contribution in [3.8, 4) is 5.82 Å². The van der Waals surface area contributed by atoms with Crippen LogP contribution in [0, 0.1) is 5.82 Å². The highest BCUT2D eigenvalue weighted by atomic mass is 19.4. The average Bonchev–Trinajstić information content (AvgIpc) is 3.11. The zero-order valence-corrected chi connectivity index (χ0v) is 14.7. The highest BCUT2D eigenvalue weighted by Gasteiger charge is 2.30.